The van der Waals surface area contributed by atoms with Crippen LogP contribution in [0.25, 0.3) is 0 Å². The summed E-state index contributed by atoms with van der Waals surface area (Å²) in [5.41, 5.74) is 0. The summed E-state index contributed by atoms with van der Waals surface area (Å²) in [6.07, 6.45) is 7.42. The van der Waals surface area contributed by atoms with Crippen LogP contribution in [0.2, 0.25) is 0 Å². The lowest BCUT2D eigenvalue weighted by Crippen LogP contribution is -2.25. The van der Waals surface area contributed by atoms with Crippen LogP contribution in [0.3, 0.4) is 0 Å². The van der Waals surface area contributed by atoms with Gasteiger partial charge in [0.05, 0.1) is 9.77 Å². The number of hydrogen-bond acceptors (Lipinski definition) is 4. The second kappa shape index (κ2) is 6.89. The maximum atomic E-state index is 12.0. The minimum atomic E-state index is -3.75. The van der Waals surface area contributed by atoms with Crippen molar-refractivity contribution in [3.63, 3.8) is 0 Å². The van der Waals surface area contributed by atoms with Crippen molar-refractivity contribution in [1.29, 1.82) is 0 Å². The fourth-order valence-corrected chi connectivity index (χ4v) is 4.87. The number of sulfonamides is 1. The molecule has 0 bridgehead atoms. The van der Waals surface area contributed by atoms with Crippen molar-refractivity contribution < 1.29 is 13.2 Å². The minimum Gasteiger partial charge on any atom is -0.351 e. The molecule has 0 unspecified atom stereocenters. The van der Waals surface area contributed by atoms with E-state index in [-0.39, 0.29) is 10.8 Å². The zero-order valence-corrected chi connectivity index (χ0v) is 13.9. The van der Waals surface area contributed by atoms with E-state index in [1.807, 2.05) is 0 Å². The number of thiophene rings is 1. The average molecular weight is 330 g/mol. The van der Waals surface area contributed by atoms with Gasteiger partial charge in [0.15, 0.2) is 0 Å². The van der Waals surface area contributed by atoms with Crippen molar-refractivity contribution in [2.75, 3.05) is 6.54 Å². The molecule has 0 aromatic carbocycles. The standard InChI is InChI=1S/C14H22N2O3S2/c1-10-13(21(15,18)19)9-12(20-10)14(17)16-8-7-11-5-3-2-4-6-11/h9,11H,2-8H2,1H3,(H,16,17)(H2,15,18,19). The number of nitrogens with two attached hydrogens (primary N) is 1. The first kappa shape index (κ1) is 16.5. The Balaban J connectivity index is 1.88. The van der Waals surface area contributed by atoms with E-state index in [0.29, 0.717) is 22.2 Å². The summed E-state index contributed by atoms with van der Waals surface area (Å²) < 4.78 is 22.7. The van der Waals surface area contributed by atoms with E-state index in [1.165, 1.54) is 38.2 Å². The fraction of sp³-hybridized carbons (Fsp3) is 0.643. The highest BCUT2D eigenvalue weighted by Crippen LogP contribution is 2.26. The first-order valence-corrected chi connectivity index (χ1v) is 9.65. The van der Waals surface area contributed by atoms with Gasteiger partial charge in [-0.1, -0.05) is 32.1 Å². The first-order valence-electron chi connectivity index (χ1n) is 7.29. The second-order valence-corrected chi connectivity index (χ2v) is 8.41. The van der Waals surface area contributed by atoms with Crippen molar-refractivity contribution in [2.45, 2.75) is 50.3 Å². The van der Waals surface area contributed by atoms with Gasteiger partial charge in [-0.25, -0.2) is 13.6 Å². The number of hydrogen-bond donors (Lipinski definition) is 2. The predicted octanol–water partition coefficient (Wildman–Crippen LogP) is 2.40. The van der Waals surface area contributed by atoms with Crippen LogP contribution < -0.4 is 10.5 Å². The second-order valence-electron chi connectivity index (χ2n) is 5.62. The number of aryl methyl sites for hydroxylation is 1. The maximum absolute atomic E-state index is 12.0. The van der Waals surface area contributed by atoms with Gasteiger partial charge in [-0.15, -0.1) is 11.3 Å². The Bertz CT molecular complexity index is 602. The average Bonchev–Trinajstić information content (AvgIpc) is 2.82. The third kappa shape index (κ3) is 4.52. The Kier molecular flexibility index (Phi) is 5.40. The molecule has 0 spiro atoms. The molecule has 21 heavy (non-hydrogen) atoms. The smallest absolute Gasteiger partial charge is 0.261 e. The van der Waals surface area contributed by atoms with Gasteiger partial charge < -0.3 is 5.32 Å². The van der Waals surface area contributed by atoms with Crippen molar-refractivity contribution in [3.05, 3.63) is 15.8 Å². The quantitative estimate of drug-likeness (QED) is 0.868. The van der Waals surface area contributed by atoms with Crippen molar-refractivity contribution >= 4 is 27.3 Å². The molecule has 1 amide bonds. The molecule has 5 nitrogen and oxygen atoms in total. The highest BCUT2D eigenvalue weighted by atomic mass is 32.2. The minimum absolute atomic E-state index is 0.0462. The molecule has 0 aliphatic heterocycles. The number of primary sulfonamides is 1. The van der Waals surface area contributed by atoms with E-state index in [2.05, 4.69) is 5.32 Å². The molecule has 0 atom stereocenters. The SMILES string of the molecule is Cc1sc(C(=O)NCCC2CCCCC2)cc1S(N)(=O)=O. The van der Waals surface area contributed by atoms with Gasteiger partial charge in [0.25, 0.3) is 5.91 Å². The van der Waals surface area contributed by atoms with Crippen LogP contribution in [-0.2, 0) is 10.0 Å². The monoisotopic (exact) mass is 330 g/mol. The molecule has 7 heteroatoms. The summed E-state index contributed by atoms with van der Waals surface area (Å²) in [6, 6.07) is 1.37. The lowest BCUT2D eigenvalue weighted by molar-refractivity contribution is 0.0954. The Morgan fingerprint density at radius 2 is 2.05 bits per heavy atom. The summed E-state index contributed by atoms with van der Waals surface area (Å²) in [5, 5.41) is 7.99. The predicted molar refractivity (Wildman–Crippen MR) is 84.0 cm³/mol. The molecule has 2 rings (SSSR count). The number of amides is 1. The summed E-state index contributed by atoms with van der Waals surface area (Å²) in [5.74, 6) is 0.498. The van der Waals surface area contributed by atoms with Crippen LogP contribution in [0, 0.1) is 12.8 Å². The topological polar surface area (TPSA) is 89.3 Å². The molecule has 1 aromatic heterocycles. The van der Waals surface area contributed by atoms with Crippen LogP contribution >= 0.6 is 11.3 Å². The zero-order valence-electron chi connectivity index (χ0n) is 12.2. The number of rotatable bonds is 5. The highest BCUT2D eigenvalue weighted by Gasteiger charge is 2.19. The van der Waals surface area contributed by atoms with E-state index in [1.54, 1.807) is 6.92 Å². The summed E-state index contributed by atoms with van der Waals surface area (Å²) in [6.45, 7) is 2.30. The van der Waals surface area contributed by atoms with Crippen LogP contribution in [0.4, 0.5) is 0 Å². The maximum Gasteiger partial charge on any atom is 0.261 e. The fourth-order valence-electron chi connectivity index (χ4n) is 2.81. The third-order valence-electron chi connectivity index (χ3n) is 3.97. The number of nitrogens with one attached hydrogen (secondary N) is 1. The Morgan fingerprint density at radius 3 is 2.62 bits per heavy atom. The molecule has 1 aliphatic rings. The van der Waals surface area contributed by atoms with Gasteiger partial charge >= 0.3 is 0 Å². The van der Waals surface area contributed by atoms with Gasteiger partial charge in [0, 0.05) is 11.4 Å². The normalized spacial score (nSPS) is 16.9. The number of carbonyl (C=O) groups is 1. The summed E-state index contributed by atoms with van der Waals surface area (Å²) >= 11 is 1.16. The van der Waals surface area contributed by atoms with E-state index >= 15 is 0 Å². The van der Waals surface area contributed by atoms with Crippen LogP contribution in [0.5, 0.6) is 0 Å². The molecular weight excluding hydrogens is 308 g/mol. The molecule has 1 fully saturated rings. The molecule has 1 heterocycles. The molecule has 1 aromatic rings. The third-order valence-corrected chi connectivity index (χ3v) is 6.18. The Hall–Kier alpha value is -0.920. The van der Waals surface area contributed by atoms with Gasteiger partial charge in [-0.3, -0.25) is 4.79 Å². The molecule has 1 aliphatic carbocycles. The van der Waals surface area contributed by atoms with Crippen molar-refractivity contribution in [2.24, 2.45) is 11.1 Å². The first-order chi connectivity index (χ1) is 9.88. The molecule has 0 saturated heterocycles. The summed E-state index contributed by atoms with van der Waals surface area (Å²) in [7, 11) is -3.75. The van der Waals surface area contributed by atoms with Crippen LogP contribution in [0.1, 0.15) is 53.1 Å². The van der Waals surface area contributed by atoms with E-state index in [4.69, 9.17) is 5.14 Å². The Labute approximate surface area is 130 Å². The molecule has 118 valence electrons. The lowest BCUT2D eigenvalue weighted by Gasteiger charge is -2.21. The lowest BCUT2D eigenvalue weighted by atomic mass is 9.87. The van der Waals surface area contributed by atoms with E-state index in [0.717, 1.165) is 17.8 Å². The zero-order chi connectivity index (χ0) is 15.5. The van der Waals surface area contributed by atoms with Crippen molar-refractivity contribution in [3.8, 4) is 0 Å². The van der Waals surface area contributed by atoms with E-state index in [9.17, 15) is 13.2 Å². The Morgan fingerprint density at radius 1 is 1.38 bits per heavy atom. The van der Waals surface area contributed by atoms with Gasteiger partial charge in [-0.05, 0) is 25.3 Å². The van der Waals surface area contributed by atoms with Gasteiger partial charge in [-0.2, -0.15) is 0 Å². The molecule has 1 saturated carbocycles. The van der Waals surface area contributed by atoms with Crippen molar-refractivity contribution in [1.82, 2.24) is 5.32 Å². The van der Waals surface area contributed by atoms with Crippen LogP contribution in [-0.4, -0.2) is 20.9 Å². The molecular formula is C14H22N2O3S2. The van der Waals surface area contributed by atoms with E-state index < -0.39 is 10.0 Å². The number of carbonyl (C=O) groups excluding carboxylic acids is 1. The summed E-state index contributed by atoms with van der Waals surface area (Å²) in [4.78, 5) is 13.0. The van der Waals surface area contributed by atoms with Crippen LogP contribution in [0.15, 0.2) is 11.0 Å². The molecule has 0 radical (unpaired) electrons. The largest absolute Gasteiger partial charge is 0.351 e. The molecule has 3 N–H and O–H groups in total. The van der Waals surface area contributed by atoms with Gasteiger partial charge in [0.2, 0.25) is 10.0 Å². The van der Waals surface area contributed by atoms with Gasteiger partial charge in [0.1, 0.15) is 0 Å². The highest BCUT2D eigenvalue weighted by molar-refractivity contribution is 7.89.